The smallest absolute Gasteiger partial charge is 0.303 e. The van der Waals surface area contributed by atoms with Crippen LogP contribution >= 0.6 is 0 Å². The molecule has 8 nitrogen and oxygen atoms in total. The van der Waals surface area contributed by atoms with Crippen LogP contribution in [0.5, 0.6) is 0 Å². The van der Waals surface area contributed by atoms with Gasteiger partial charge in [0.1, 0.15) is 5.84 Å². The predicted octanol–water partition coefficient (Wildman–Crippen LogP) is 1.14. The molecule has 0 bridgehead atoms. The van der Waals surface area contributed by atoms with Gasteiger partial charge in [0, 0.05) is 29.3 Å². The second-order valence-electron chi connectivity index (χ2n) is 6.99. The first-order chi connectivity index (χ1) is 13.3. The number of carbonyl (C=O) groups is 3. The van der Waals surface area contributed by atoms with Crippen LogP contribution in [0.3, 0.4) is 0 Å². The lowest BCUT2D eigenvalue weighted by atomic mass is 9.78. The number of aliphatic carboxylic acids is 1. The van der Waals surface area contributed by atoms with Crippen molar-refractivity contribution in [3.8, 4) is 0 Å². The van der Waals surface area contributed by atoms with E-state index in [1.54, 1.807) is 36.4 Å². The molecule has 0 saturated carbocycles. The molecule has 28 heavy (non-hydrogen) atoms. The minimum Gasteiger partial charge on any atom is -0.481 e. The van der Waals surface area contributed by atoms with E-state index in [4.69, 9.17) is 16.2 Å². The van der Waals surface area contributed by atoms with E-state index < -0.39 is 5.97 Å². The van der Waals surface area contributed by atoms with E-state index >= 15 is 0 Å². The van der Waals surface area contributed by atoms with Crippen LogP contribution in [-0.2, 0) is 9.59 Å². The van der Waals surface area contributed by atoms with Gasteiger partial charge < -0.3 is 21.5 Å². The van der Waals surface area contributed by atoms with Crippen LogP contribution in [0, 0.1) is 17.2 Å². The Balaban J connectivity index is 1.63. The molecule has 1 aliphatic heterocycles. The first-order valence-corrected chi connectivity index (χ1v) is 9.01. The highest BCUT2D eigenvalue weighted by atomic mass is 16.4. The highest BCUT2D eigenvalue weighted by Gasteiger charge is 2.35. The first kappa shape index (κ1) is 19.3. The van der Waals surface area contributed by atoms with E-state index in [1.165, 1.54) is 0 Å². The van der Waals surface area contributed by atoms with E-state index in [0.29, 0.717) is 29.7 Å². The lowest BCUT2D eigenvalue weighted by Gasteiger charge is -2.35. The summed E-state index contributed by atoms with van der Waals surface area (Å²) < 4.78 is 0. The van der Waals surface area contributed by atoms with Crippen LogP contribution in [0.2, 0.25) is 0 Å². The van der Waals surface area contributed by atoms with Crippen molar-refractivity contribution in [1.29, 1.82) is 5.41 Å². The number of hydrogen-bond acceptors (Lipinski definition) is 4. The van der Waals surface area contributed by atoms with Gasteiger partial charge in [0.05, 0.1) is 5.92 Å². The SMILES string of the molecule is N=C(N)c1ccc(C(=O)NC2=CC3C(=O)NC(CCC(=O)O)CC3C=C2)cc1. The molecule has 8 heteroatoms. The molecule has 6 N–H and O–H groups in total. The van der Waals surface area contributed by atoms with Gasteiger partial charge in [-0.1, -0.05) is 18.2 Å². The molecule has 1 fully saturated rings. The number of rotatable bonds is 6. The quantitative estimate of drug-likeness (QED) is 0.370. The number of fused-ring (bicyclic) bond motifs is 1. The third kappa shape index (κ3) is 4.46. The number of carboxylic acids is 1. The Morgan fingerprint density at radius 3 is 2.57 bits per heavy atom. The number of amides is 2. The Morgan fingerprint density at radius 2 is 1.93 bits per heavy atom. The van der Waals surface area contributed by atoms with Crippen LogP contribution in [-0.4, -0.2) is 34.8 Å². The average molecular weight is 382 g/mol. The molecule has 0 aromatic heterocycles. The highest BCUT2D eigenvalue weighted by Crippen LogP contribution is 2.31. The number of piperidine rings is 1. The van der Waals surface area contributed by atoms with Crippen molar-refractivity contribution >= 4 is 23.6 Å². The monoisotopic (exact) mass is 382 g/mol. The zero-order chi connectivity index (χ0) is 20.3. The van der Waals surface area contributed by atoms with E-state index in [2.05, 4.69) is 10.6 Å². The molecule has 3 unspecified atom stereocenters. The number of nitrogen functional groups attached to an aromatic ring is 1. The summed E-state index contributed by atoms with van der Waals surface area (Å²) in [5.41, 5.74) is 6.90. The van der Waals surface area contributed by atoms with E-state index in [1.807, 2.05) is 6.08 Å². The third-order valence-corrected chi connectivity index (χ3v) is 4.97. The van der Waals surface area contributed by atoms with E-state index in [9.17, 15) is 14.4 Å². The van der Waals surface area contributed by atoms with E-state index in [-0.39, 0.29) is 41.9 Å². The summed E-state index contributed by atoms with van der Waals surface area (Å²) in [6, 6.07) is 6.22. The molecular weight excluding hydrogens is 360 g/mol. The minimum atomic E-state index is -0.878. The average Bonchev–Trinajstić information content (AvgIpc) is 2.67. The third-order valence-electron chi connectivity index (χ3n) is 4.97. The molecule has 1 aromatic carbocycles. The van der Waals surface area contributed by atoms with Gasteiger partial charge in [-0.3, -0.25) is 19.8 Å². The maximum Gasteiger partial charge on any atom is 0.303 e. The number of hydrogen-bond donors (Lipinski definition) is 5. The number of nitrogens with one attached hydrogen (secondary N) is 3. The normalized spacial score (nSPS) is 23.2. The molecule has 2 amide bonds. The molecule has 1 aromatic rings. The Bertz CT molecular complexity index is 873. The summed E-state index contributed by atoms with van der Waals surface area (Å²) in [4.78, 5) is 35.5. The fourth-order valence-electron chi connectivity index (χ4n) is 3.48. The van der Waals surface area contributed by atoms with Crippen molar-refractivity contribution in [3.05, 3.63) is 59.3 Å². The minimum absolute atomic E-state index is 0.0111. The van der Waals surface area contributed by atoms with Crippen molar-refractivity contribution in [2.75, 3.05) is 0 Å². The second kappa shape index (κ2) is 8.08. The van der Waals surface area contributed by atoms with Crippen LogP contribution < -0.4 is 16.4 Å². The molecule has 3 rings (SSSR count). The van der Waals surface area contributed by atoms with E-state index in [0.717, 1.165) is 0 Å². The van der Waals surface area contributed by atoms with Gasteiger partial charge in [-0.25, -0.2) is 0 Å². The number of amidine groups is 1. The van der Waals surface area contributed by atoms with Crippen LogP contribution in [0.15, 0.2) is 48.2 Å². The number of benzene rings is 1. The highest BCUT2D eigenvalue weighted by molar-refractivity contribution is 5.99. The number of carbonyl (C=O) groups excluding carboxylic acids is 2. The maximum absolute atomic E-state index is 12.4. The topological polar surface area (TPSA) is 145 Å². The van der Waals surface area contributed by atoms with Gasteiger partial charge in [0.15, 0.2) is 0 Å². The van der Waals surface area contributed by atoms with Crippen molar-refractivity contribution in [3.63, 3.8) is 0 Å². The summed E-state index contributed by atoms with van der Waals surface area (Å²) in [6.45, 7) is 0. The molecule has 3 atom stereocenters. The molecular formula is C20H22N4O4. The Hall–Kier alpha value is -3.42. The van der Waals surface area contributed by atoms with Gasteiger partial charge >= 0.3 is 5.97 Å². The molecule has 1 heterocycles. The number of nitrogens with two attached hydrogens (primary N) is 1. The standard InChI is InChI=1S/C20H22N4O4/c21-18(22)11-1-3-12(4-2-11)19(27)23-15-6-5-13-9-14(7-8-17(25)26)24-20(28)16(13)10-15/h1-6,10,13-14,16H,7-9H2,(H3,21,22)(H,23,27)(H,24,28)(H,25,26). The van der Waals surface area contributed by atoms with Gasteiger partial charge in [-0.15, -0.1) is 0 Å². The molecule has 146 valence electrons. The second-order valence-corrected chi connectivity index (χ2v) is 6.99. The van der Waals surface area contributed by atoms with Crippen LogP contribution in [0.25, 0.3) is 0 Å². The molecule has 2 aliphatic rings. The first-order valence-electron chi connectivity index (χ1n) is 9.01. The van der Waals surface area contributed by atoms with Crippen LogP contribution in [0.4, 0.5) is 0 Å². The zero-order valence-corrected chi connectivity index (χ0v) is 15.1. The summed E-state index contributed by atoms with van der Waals surface area (Å²) in [5, 5.41) is 21.8. The van der Waals surface area contributed by atoms with Crippen molar-refractivity contribution in [2.24, 2.45) is 17.6 Å². The summed E-state index contributed by atoms with van der Waals surface area (Å²) in [6.07, 6.45) is 6.49. The van der Waals surface area contributed by atoms with Crippen molar-refractivity contribution in [2.45, 2.75) is 25.3 Å². The molecule has 0 radical (unpaired) electrons. The lowest BCUT2D eigenvalue weighted by molar-refractivity contribution is -0.138. The number of allylic oxidation sites excluding steroid dienone is 2. The molecule has 1 aliphatic carbocycles. The summed E-state index contributed by atoms with van der Waals surface area (Å²) >= 11 is 0. The molecule has 1 saturated heterocycles. The van der Waals surface area contributed by atoms with Gasteiger partial charge in [0.2, 0.25) is 5.91 Å². The largest absolute Gasteiger partial charge is 0.481 e. The van der Waals surface area contributed by atoms with Crippen molar-refractivity contribution < 1.29 is 19.5 Å². The number of carboxylic acid groups (broad SMARTS) is 1. The van der Waals surface area contributed by atoms with Crippen LogP contribution in [0.1, 0.15) is 35.2 Å². The van der Waals surface area contributed by atoms with Gasteiger partial charge in [-0.05, 0) is 43.0 Å². The Labute approximate surface area is 162 Å². The predicted molar refractivity (Wildman–Crippen MR) is 103 cm³/mol. The summed E-state index contributed by atoms with van der Waals surface area (Å²) in [7, 11) is 0. The lowest BCUT2D eigenvalue weighted by Crippen LogP contribution is -2.48. The fraction of sp³-hybridized carbons (Fsp3) is 0.300. The Kier molecular flexibility index (Phi) is 5.58. The van der Waals surface area contributed by atoms with Gasteiger partial charge in [-0.2, -0.15) is 0 Å². The molecule has 0 spiro atoms. The maximum atomic E-state index is 12.4. The fourth-order valence-corrected chi connectivity index (χ4v) is 3.48. The zero-order valence-electron chi connectivity index (χ0n) is 15.1. The summed E-state index contributed by atoms with van der Waals surface area (Å²) in [5.74, 6) is -1.82. The van der Waals surface area contributed by atoms with Gasteiger partial charge in [0.25, 0.3) is 5.91 Å². The Morgan fingerprint density at radius 1 is 1.25 bits per heavy atom. The van der Waals surface area contributed by atoms with Crippen molar-refractivity contribution in [1.82, 2.24) is 10.6 Å².